The molecule has 0 atom stereocenters. The number of ether oxygens (including phenoxy) is 1. The van der Waals surface area contributed by atoms with E-state index in [0.29, 0.717) is 0 Å². The molecule has 0 spiro atoms. The maximum Gasteiger partial charge on any atom is 0.374 e. The molecule has 0 bridgehead atoms. The van der Waals surface area contributed by atoms with Crippen molar-refractivity contribution in [2.75, 3.05) is 5.43 Å². The topological polar surface area (TPSA) is 116 Å². The minimum Gasteiger partial charge on any atom is -0.430 e. The van der Waals surface area contributed by atoms with Gasteiger partial charge in [0.2, 0.25) is 5.82 Å². The van der Waals surface area contributed by atoms with Crippen molar-refractivity contribution in [3.05, 3.63) is 46.5 Å². The molecule has 0 fully saturated rings. The highest BCUT2D eigenvalue weighted by Gasteiger charge is 2.25. The highest BCUT2D eigenvalue weighted by atomic mass is 19.1. The number of anilines is 1. The molecule has 1 heterocycles. The summed E-state index contributed by atoms with van der Waals surface area (Å²) >= 11 is 0. The summed E-state index contributed by atoms with van der Waals surface area (Å²) in [6, 6.07) is 5.46. The van der Waals surface area contributed by atoms with Gasteiger partial charge in [0.05, 0.1) is 4.92 Å². The minimum atomic E-state index is -0.772. The number of hydrogen-bond donors (Lipinski definition) is 2. The smallest absolute Gasteiger partial charge is 0.374 e. The van der Waals surface area contributed by atoms with E-state index in [-0.39, 0.29) is 11.6 Å². The van der Waals surface area contributed by atoms with Crippen LogP contribution in [-0.4, -0.2) is 14.9 Å². The summed E-state index contributed by atoms with van der Waals surface area (Å²) in [5, 5.41) is 10.9. The Balaban J connectivity index is 2.46. The van der Waals surface area contributed by atoms with Gasteiger partial charge in [0.15, 0.2) is 11.6 Å². The first-order chi connectivity index (χ1) is 9.13. The second kappa shape index (κ2) is 5.23. The molecule has 2 aromatic rings. The van der Waals surface area contributed by atoms with Crippen LogP contribution in [0.3, 0.4) is 0 Å². The zero-order valence-corrected chi connectivity index (χ0v) is 9.41. The lowest BCUT2D eigenvalue weighted by Gasteiger charge is -2.07. The molecule has 1 aromatic heterocycles. The van der Waals surface area contributed by atoms with E-state index in [4.69, 9.17) is 10.6 Å². The number of halogens is 1. The van der Waals surface area contributed by atoms with Crippen molar-refractivity contribution in [3.63, 3.8) is 0 Å². The molecule has 0 amide bonds. The Morgan fingerprint density at radius 2 is 2.11 bits per heavy atom. The number of nitro groups is 1. The summed E-state index contributed by atoms with van der Waals surface area (Å²) in [4.78, 5) is 17.3. The van der Waals surface area contributed by atoms with Crippen molar-refractivity contribution < 1.29 is 14.1 Å². The van der Waals surface area contributed by atoms with Gasteiger partial charge in [-0.2, -0.15) is 4.98 Å². The number of hydrogen-bond acceptors (Lipinski definition) is 7. The molecule has 9 heteroatoms. The van der Waals surface area contributed by atoms with Crippen LogP contribution in [0.4, 0.5) is 15.9 Å². The number of para-hydroxylation sites is 1. The van der Waals surface area contributed by atoms with Crippen LogP contribution < -0.4 is 16.0 Å². The molecular weight excluding hydrogens is 257 g/mol. The maximum absolute atomic E-state index is 13.4. The second-order valence-corrected chi connectivity index (χ2v) is 3.31. The molecule has 3 N–H and O–H groups in total. The first-order valence-corrected chi connectivity index (χ1v) is 5.02. The second-order valence-electron chi connectivity index (χ2n) is 3.31. The Morgan fingerprint density at radius 1 is 1.37 bits per heavy atom. The molecule has 0 aliphatic rings. The van der Waals surface area contributed by atoms with Gasteiger partial charge in [-0.15, -0.1) is 0 Å². The van der Waals surface area contributed by atoms with Gasteiger partial charge in [-0.3, -0.25) is 10.1 Å². The highest BCUT2D eigenvalue weighted by molar-refractivity contribution is 5.61. The summed E-state index contributed by atoms with van der Waals surface area (Å²) in [6.45, 7) is 0. The van der Waals surface area contributed by atoms with Crippen LogP contribution in [0.25, 0.3) is 0 Å². The van der Waals surface area contributed by atoms with Gasteiger partial charge >= 0.3 is 11.6 Å². The van der Waals surface area contributed by atoms with Gasteiger partial charge in [-0.1, -0.05) is 12.1 Å². The average molecular weight is 265 g/mol. The van der Waals surface area contributed by atoms with Crippen LogP contribution in [0.1, 0.15) is 0 Å². The fourth-order valence-corrected chi connectivity index (χ4v) is 1.34. The number of benzene rings is 1. The molecule has 0 saturated heterocycles. The van der Waals surface area contributed by atoms with E-state index in [1.807, 2.05) is 0 Å². The monoisotopic (exact) mass is 265 g/mol. The predicted octanol–water partition coefficient (Wildman–Crippen LogP) is 1.60. The molecule has 8 nitrogen and oxygen atoms in total. The van der Waals surface area contributed by atoms with Gasteiger partial charge in [0.1, 0.15) is 6.33 Å². The molecule has 0 radical (unpaired) electrons. The molecule has 1 aromatic carbocycles. The van der Waals surface area contributed by atoms with E-state index in [9.17, 15) is 14.5 Å². The molecule has 0 unspecified atom stereocenters. The Bertz CT molecular complexity index is 622. The van der Waals surface area contributed by atoms with Crippen LogP contribution in [0.5, 0.6) is 11.6 Å². The molecule has 0 saturated carbocycles. The minimum absolute atomic E-state index is 0.188. The van der Waals surface area contributed by atoms with Gasteiger partial charge in [-0.25, -0.2) is 15.2 Å². The molecule has 0 aliphatic heterocycles. The number of hydrazine groups is 1. The quantitative estimate of drug-likeness (QED) is 0.490. The summed E-state index contributed by atoms with van der Waals surface area (Å²) in [5.41, 5.74) is 1.48. The summed E-state index contributed by atoms with van der Waals surface area (Å²) in [7, 11) is 0. The highest BCUT2D eigenvalue weighted by Crippen LogP contribution is 2.34. The van der Waals surface area contributed by atoms with Crippen molar-refractivity contribution in [2.24, 2.45) is 5.84 Å². The normalized spacial score (nSPS) is 10.0. The number of nitrogens with one attached hydrogen (secondary N) is 1. The molecule has 98 valence electrons. The van der Waals surface area contributed by atoms with Crippen molar-refractivity contribution in [3.8, 4) is 11.6 Å². The van der Waals surface area contributed by atoms with Crippen LogP contribution in [0.2, 0.25) is 0 Å². The fraction of sp³-hybridized carbons (Fsp3) is 0. The zero-order chi connectivity index (χ0) is 13.8. The molecule has 19 heavy (non-hydrogen) atoms. The van der Waals surface area contributed by atoms with E-state index in [2.05, 4.69) is 15.4 Å². The van der Waals surface area contributed by atoms with E-state index < -0.39 is 22.3 Å². The number of nitrogens with two attached hydrogens (primary N) is 1. The van der Waals surface area contributed by atoms with Crippen LogP contribution in [0.15, 0.2) is 30.6 Å². The van der Waals surface area contributed by atoms with E-state index >= 15 is 0 Å². The van der Waals surface area contributed by atoms with E-state index in [1.165, 1.54) is 18.2 Å². The number of rotatable bonds is 4. The lowest BCUT2D eigenvalue weighted by molar-refractivity contribution is -0.385. The SMILES string of the molecule is NNc1ncnc(Oc2ccccc2F)c1[N+](=O)[O-]. The third kappa shape index (κ3) is 2.55. The van der Waals surface area contributed by atoms with Crippen LogP contribution >= 0.6 is 0 Å². The summed E-state index contributed by atoms with van der Waals surface area (Å²) in [6.07, 6.45) is 1.01. The van der Waals surface area contributed by atoms with Crippen molar-refractivity contribution in [2.45, 2.75) is 0 Å². The Hall–Kier alpha value is -2.81. The van der Waals surface area contributed by atoms with Crippen LogP contribution in [0, 0.1) is 15.9 Å². The molecular formula is C10H8FN5O3. The Morgan fingerprint density at radius 3 is 2.74 bits per heavy atom. The average Bonchev–Trinajstić information content (AvgIpc) is 2.40. The Labute approximate surface area is 106 Å². The largest absolute Gasteiger partial charge is 0.430 e. The number of aromatic nitrogens is 2. The van der Waals surface area contributed by atoms with Gasteiger partial charge in [-0.05, 0) is 12.1 Å². The van der Waals surface area contributed by atoms with E-state index in [1.54, 1.807) is 0 Å². The van der Waals surface area contributed by atoms with Crippen molar-refractivity contribution in [1.29, 1.82) is 0 Å². The first kappa shape index (κ1) is 12.6. The third-order valence-corrected chi connectivity index (χ3v) is 2.15. The predicted molar refractivity (Wildman–Crippen MR) is 63.0 cm³/mol. The fourth-order valence-electron chi connectivity index (χ4n) is 1.34. The lowest BCUT2D eigenvalue weighted by atomic mass is 10.3. The van der Waals surface area contributed by atoms with Gasteiger partial charge in [0.25, 0.3) is 0 Å². The number of nitrogen functional groups attached to an aromatic ring is 1. The molecule has 2 rings (SSSR count). The number of nitrogens with zero attached hydrogens (tertiary/aromatic N) is 3. The summed E-state index contributed by atoms with van der Waals surface area (Å²) < 4.78 is 18.5. The summed E-state index contributed by atoms with van der Waals surface area (Å²) in [5.74, 6) is 3.61. The van der Waals surface area contributed by atoms with Gasteiger partial charge in [0, 0.05) is 0 Å². The van der Waals surface area contributed by atoms with Crippen LogP contribution in [-0.2, 0) is 0 Å². The Kier molecular flexibility index (Phi) is 3.48. The maximum atomic E-state index is 13.4. The third-order valence-electron chi connectivity index (χ3n) is 2.15. The van der Waals surface area contributed by atoms with Crippen molar-refractivity contribution in [1.82, 2.24) is 9.97 Å². The zero-order valence-electron chi connectivity index (χ0n) is 9.41. The first-order valence-electron chi connectivity index (χ1n) is 5.02. The molecule has 0 aliphatic carbocycles. The standard InChI is InChI=1S/C10H8FN5O3/c11-6-3-1-2-4-7(6)19-10-8(16(17)18)9(15-12)13-5-14-10/h1-5H,12H2,(H,13,14,15). The van der Waals surface area contributed by atoms with E-state index in [0.717, 1.165) is 12.4 Å². The van der Waals surface area contributed by atoms with Gasteiger partial charge < -0.3 is 10.2 Å². The van der Waals surface area contributed by atoms with Crippen molar-refractivity contribution >= 4 is 11.5 Å². The lowest BCUT2D eigenvalue weighted by Crippen LogP contribution is -2.12.